The van der Waals surface area contributed by atoms with Gasteiger partial charge in [0.1, 0.15) is 0 Å². The maximum absolute atomic E-state index is 5.51. The van der Waals surface area contributed by atoms with Gasteiger partial charge in [0.05, 0.1) is 6.61 Å². The summed E-state index contributed by atoms with van der Waals surface area (Å²) in [4.78, 5) is 2.47. The normalized spacial score (nSPS) is 16.8. The second-order valence-corrected chi connectivity index (χ2v) is 5.63. The molecule has 1 aliphatic carbocycles. The van der Waals surface area contributed by atoms with Gasteiger partial charge in [-0.25, -0.2) is 0 Å². The lowest BCUT2D eigenvalue weighted by Crippen LogP contribution is -2.33. The molecule has 0 saturated heterocycles. The molecular formula is C15H32N2O. The second-order valence-electron chi connectivity index (χ2n) is 5.63. The van der Waals surface area contributed by atoms with Crippen molar-refractivity contribution in [2.24, 2.45) is 5.92 Å². The van der Waals surface area contributed by atoms with Gasteiger partial charge in [-0.15, -0.1) is 0 Å². The van der Waals surface area contributed by atoms with E-state index in [2.05, 4.69) is 24.2 Å². The average Bonchev–Trinajstić information content (AvgIpc) is 2.85. The highest BCUT2D eigenvalue weighted by molar-refractivity contribution is 4.70. The molecule has 1 fully saturated rings. The summed E-state index contributed by atoms with van der Waals surface area (Å²) in [6, 6.07) is 0. The number of likely N-dealkylation sites (N-methyl/N-ethyl adjacent to an activating group) is 1. The summed E-state index contributed by atoms with van der Waals surface area (Å²) in [6.45, 7) is 8.48. The van der Waals surface area contributed by atoms with Crippen molar-refractivity contribution in [3.05, 3.63) is 0 Å². The van der Waals surface area contributed by atoms with Crippen molar-refractivity contribution in [2.45, 2.75) is 45.4 Å². The van der Waals surface area contributed by atoms with Crippen LogP contribution in [0.15, 0.2) is 0 Å². The quantitative estimate of drug-likeness (QED) is 0.575. The van der Waals surface area contributed by atoms with Crippen LogP contribution in [-0.4, -0.2) is 51.3 Å². The lowest BCUT2D eigenvalue weighted by Gasteiger charge is -2.20. The molecule has 0 bridgehead atoms. The van der Waals surface area contributed by atoms with Crippen LogP contribution in [0.1, 0.15) is 45.4 Å². The van der Waals surface area contributed by atoms with E-state index in [0.29, 0.717) is 0 Å². The third kappa shape index (κ3) is 8.06. The molecule has 18 heavy (non-hydrogen) atoms. The van der Waals surface area contributed by atoms with Crippen LogP contribution in [0.5, 0.6) is 0 Å². The zero-order valence-electron chi connectivity index (χ0n) is 12.4. The minimum atomic E-state index is 0.854. The van der Waals surface area contributed by atoms with E-state index in [9.17, 15) is 0 Å². The average molecular weight is 256 g/mol. The minimum absolute atomic E-state index is 0.854. The maximum Gasteiger partial charge on any atom is 0.0590 e. The van der Waals surface area contributed by atoms with Gasteiger partial charge in [0.15, 0.2) is 0 Å². The van der Waals surface area contributed by atoms with E-state index >= 15 is 0 Å². The molecule has 1 rings (SSSR count). The molecule has 1 saturated carbocycles. The van der Waals surface area contributed by atoms with Crippen molar-refractivity contribution >= 4 is 0 Å². The summed E-state index contributed by atoms with van der Waals surface area (Å²) in [6.07, 6.45) is 8.20. The van der Waals surface area contributed by atoms with Gasteiger partial charge in [0, 0.05) is 32.8 Å². The van der Waals surface area contributed by atoms with Gasteiger partial charge in [-0.2, -0.15) is 0 Å². The number of hydrogen-bond acceptors (Lipinski definition) is 3. The number of hydrogen-bond donors (Lipinski definition) is 1. The summed E-state index contributed by atoms with van der Waals surface area (Å²) < 4.78 is 5.51. The molecule has 0 aromatic heterocycles. The summed E-state index contributed by atoms with van der Waals surface area (Å²) in [5, 5.41) is 3.45. The molecule has 0 heterocycles. The highest BCUT2D eigenvalue weighted by Crippen LogP contribution is 2.24. The van der Waals surface area contributed by atoms with E-state index in [0.717, 1.165) is 38.8 Å². The van der Waals surface area contributed by atoms with Crippen molar-refractivity contribution in [3.63, 3.8) is 0 Å². The first-order valence-electron chi connectivity index (χ1n) is 7.80. The van der Waals surface area contributed by atoms with E-state index in [1.807, 2.05) is 0 Å². The van der Waals surface area contributed by atoms with Crippen LogP contribution in [0.3, 0.4) is 0 Å². The fourth-order valence-electron chi connectivity index (χ4n) is 2.61. The molecule has 0 radical (unpaired) electrons. The first-order valence-corrected chi connectivity index (χ1v) is 7.80. The second kappa shape index (κ2) is 10.8. The van der Waals surface area contributed by atoms with Gasteiger partial charge in [0.25, 0.3) is 0 Å². The smallest absolute Gasteiger partial charge is 0.0590 e. The van der Waals surface area contributed by atoms with Gasteiger partial charge in [-0.1, -0.05) is 26.2 Å². The molecule has 1 N–H and O–H groups in total. The molecule has 108 valence electrons. The Balaban J connectivity index is 1.81. The fourth-order valence-corrected chi connectivity index (χ4v) is 2.61. The first kappa shape index (κ1) is 15.9. The van der Waals surface area contributed by atoms with Crippen LogP contribution in [-0.2, 0) is 4.74 Å². The number of unbranched alkanes of at least 4 members (excludes halogenated alkanes) is 1. The van der Waals surface area contributed by atoms with Gasteiger partial charge >= 0.3 is 0 Å². The maximum atomic E-state index is 5.51. The molecule has 0 spiro atoms. The Morgan fingerprint density at radius 1 is 1.17 bits per heavy atom. The lowest BCUT2D eigenvalue weighted by atomic mass is 10.1. The monoisotopic (exact) mass is 256 g/mol. The molecule has 0 amide bonds. The fraction of sp³-hybridized carbons (Fsp3) is 1.00. The first-order chi connectivity index (χ1) is 8.83. The summed E-state index contributed by atoms with van der Waals surface area (Å²) in [5.41, 5.74) is 0. The molecule has 0 aromatic rings. The van der Waals surface area contributed by atoms with Crippen LogP contribution in [0.4, 0.5) is 0 Å². The highest BCUT2D eigenvalue weighted by Gasteiger charge is 2.16. The zero-order chi connectivity index (χ0) is 13.1. The Labute approximate surface area is 113 Å². The van der Waals surface area contributed by atoms with E-state index in [4.69, 9.17) is 4.74 Å². The van der Waals surface area contributed by atoms with Crippen molar-refractivity contribution in [3.8, 4) is 0 Å². The standard InChI is InChI=1S/C15H32N2O/c1-3-4-12-18-13-10-16-9-11-17(2)14-15-7-5-6-8-15/h15-16H,3-14H2,1-2H3. The van der Waals surface area contributed by atoms with Crippen molar-refractivity contribution in [2.75, 3.05) is 46.4 Å². The van der Waals surface area contributed by atoms with E-state index in [1.54, 1.807) is 0 Å². The highest BCUT2D eigenvalue weighted by atomic mass is 16.5. The van der Waals surface area contributed by atoms with Crippen LogP contribution in [0, 0.1) is 5.92 Å². The Morgan fingerprint density at radius 2 is 1.94 bits per heavy atom. The minimum Gasteiger partial charge on any atom is -0.380 e. The van der Waals surface area contributed by atoms with Crippen molar-refractivity contribution < 1.29 is 4.74 Å². The molecule has 3 heteroatoms. The topological polar surface area (TPSA) is 24.5 Å². The Kier molecular flexibility index (Phi) is 9.54. The Bertz CT molecular complexity index is 181. The molecule has 0 atom stereocenters. The summed E-state index contributed by atoms with van der Waals surface area (Å²) in [5.74, 6) is 0.965. The Hall–Kier alpha value is -0.120. The largest absolute Gasteiger partial charge is 0.380 e. The predicted octanol–water partition coefficient (Wildman–Crippen LogP) is 2.51. The summed E-state index contributed by atoms with van der Waals surface area (Å²) in [7, 11) is 2.25. The SMILES string of the molecule is CCCCOCCNCCN(C)CC1CCCC1. The van der Waals surface area contributed by atoms with Crippen LogP contribution < -0.4 is 5.32 Å². The third-order valence-electron chi connectivity index (χ3n) is 3.78. The molecule has 0 aliphatic heterocycles. The third-order valence-corrected chi connectivity index (χ3v) is 3.78. The molecular weight excluding hydrogens is 224 g/mol. The number of ether oxygens (including phenoxy) is 1. The Morgan fingerprint density at radius 3 is 2.67 bits per heavy atom. The lowest BCUT2D eigenvalue weighted by molar-refractivity contribution is 0.132. The van der Waals surface area contributed by atoms with Crippen LogP contribution in [0.25, 0.3) is 0 Å². The van der Waals surface area contributed by atoms with Crippen molar-refractivity contribution in [1.82, 2.24) is 10.2 Å². The number of rotatable bonds is 11. The van der Waals surface area contributed by atoms with E-state index in [-0.39, 0.29) is 0 Å². The molecule has 3 nitrogen and oxygen atoms in total. The molecule has 0 aromatic carbocycles. The van der Waals surface area contributed by atoms with Crippen LogP contribution in [0.2, 0.25) is 0 Å². The van der Waals surface area contributed by atoms with E-state index < -0.39 is 0 Å². The van der Waals surface area contributed by atoms with Gasteiger partial charge in [0.2, 0.25) is 0 Å². The van der Waals surface area contributed by atoms with Crippen molar-refractivity contribution in [1.29, 1.82) is 0 Å². The summed E-state index contributed by atoms with van der Waals surface area (Å²) >= 11 is 0. The zero-order valence-corrected chi connectivity index (χ0v) is 12.4. The number of nitrogens with zero attached hydrogens (tertiary/aromatic N) is 1. The predicted molar refractivity (Wildman–Crippen MR) is 78.1 cm³/mol. The number of nitrogens with one attached hydrogen (secondary N) is 1. The molecule has 0 unspecified atom stereocenters. The van der Waals surface area contributed by atoms with Gasteiger partial charge in [-0.3, -0.25) is 0 Å². The van der Waals surface area contributed by atoms with Crippen LogP contribution >= 0.6 is 0 Å². The molecule has 1 aliphatic rings. The van der Waals surface area contributed by atoms with E-state index in [1.165, 1.54) is 45.1 Å². The van der Waals surface area contributed by atoms with Gasteiger partial charge in [-0.05, 0) is 32.2 Å². The van der Waals surface area contributed by atoms with Gasteiger partial charge < -0.3 is 15.0 Å².